The molecule has 0 bridgehead atoms. The summed E-state index contributed by atoms with van der Waals surface area (Å²) in [4.78, 5) is 14.9. The number of carbonyl (C=O) groups is 1. The van der Waals surface area contributed by atoms with Crippen molar-refractivity contribution in [3.8, 4) is 0 Å². The Morgan fingerprint density at radius 3 is 2.94 bits per heavy atom. The van der Waals surface area contributed by atoms with Crippen molar-refractivity contribution in [2.75, 3.05) is 6.54 Å². The van der Waals surface area contributed by atoms with Gasteiger partial charge in [0.05, 0.1) is 11.7 Å². The molecule has 2 N–H and O–H groups in total. The molecule has 1 aliphatic rings. The summed E-state index contributed by atoms with van der Waals surface area (Å²) in [6.07, 6.45) is 2.75. The summed E-state index contributed by atoms with van der Waals surface area (Å²) in [5.74, 6) is -0.631. The molecule has 1 heterocycles. The van der Waals surface area contributed by atoms with Gasteiger partial charge in [-0.2, -0.15) is 4.39 Å². The molecule has 0 spiro atoms. The number of amides is 1. The van der Waals surface area contributed by atoms with Gasteiger partial charge in [0.1, 0.15) is 0 Å². The van der Waals surface area contributed by atoms with E-state index < -0.39 is 12.1 Å². The number of hydrogen-bond acceptors (Lipinski definition) is 3. The molecule has 1 aromatic heterocycles. The van der Waals surface area contributed by atoms with E-state index in [2.05, 4.69) is 10.3 Å². The SMILES string of the molecule is O=C(NCC(O)C1CC1)c1ccc(F)nc1. The summed E-state index contributed by atoms with van der Waals surface area (Å²) < 4.78 is 12.5. The van der Waals surface area contributed by atoms with Gasteiger partial charge < -0.3 is 10.4 Å². The van der Waals surface area contributed by atoms with Crippen LogP contribution in [0.1, 0.15) is 23.2 Å². The highest BCUT2D eigenvalue weighted by molar-refractivity contribution is 5.93. The minimum absolute atomic E-state index is 0.237. The summed E-state index contributed by atoms with van der Waals surface area (Å²) in [6.45, 7) is 0.237. The van der Waals surface area contributed by atoms with Gasteiger partial charge in [-0.05, 0) is 30.9 Å². The molecule has 1 fully saturated rings. The lowest BCUT2D eigenvalue weighted by molar-refractivity contribution is 0.0900. The fourth-order valence-corrected chi connectivity index (χ4v) is 1.46. The van der Waals surface area contributed by atoms with Gasteiger partial charge in [0, 0.05) is 12.7 Å². The fourth-order valence-electron chi connectivity index (χ4n) is 1.46. The lowest BCUT2D eigenvalue weighted by Crippen LogP contribution is -2.33. The van der Waals surface area contributed by atoms with Crippen molar-refractivity contribution in [3.63, 3.8) is 0 Å². The molecule has 0 radical (unpaired) electrons. The average Bonchev–Trinajstić information content (AvgIpc) is 3.10. The van der Waals surface area contributed by atoms with Crippen LogP contribution in [0.2, 0.25) is 0 Å². The number of rotatable bonds is 4. The summed E-state index contributed by atoms with van der Waals surface area (Å²) in [7, 11) is 0. The first-order valence-electron chi connectivity index (χ1n) is 5.24. The van der Waals surface area contributed by atoms with Crippen LogP contribution in [0.4, 0.5) is 4.39 Å². The van der Waals surface area contributed by atoms with Crippen LogP contribution >= 0.6 is 0 Å². The Morgan fingerprint density at radius 2 is 2.38 bits per heavy atom. The van der Waals surface area contributed by atoms with Crippen molar-refractivity contribution >= 4 is 5.91 Å². The number of nitrogens with one attached hydrogen (secondary N) is 1. The van der Waals surface area contributed by atoms with Crippen molar-refractivity contribution in [3.05, 3.63) is 29.8 Å². The first-order chi connectivity index (χ1) is 7.66. The predicted octanol–water partition coefficient (Wildman–Crippen LogP) is 0.721. The normalized spacial score (nSPS) is 16.9. The van der Waals surface area contributed by atoms with Crippen molar-refractivity contribution in [1.82, 2.24) is 10.3 Å². The van der Waals surface area contributed by atoms with Crippen LogP contribution in [0.15, 0.2) is 18.3 Å². The highest BCUT2D eigenvalue weighted by Crippen LogP contribution is 2.32. The van der Waals surface area contributed by atoms with Gasteiger partial charge in [0.25, 0.3) is 5.91 Å². The number of nitrogens with zero attached hydrogens (tertiary/aromatic N) is 1. The molecule has 4 nitrogen and oxygen atoms in total. The minimum atomic E-state index is -0.616. The van der Waals surface area contributed by atoms with Gasteiger partial charge in [-0.25, -0.2) is 4.98 Å². The fraction of sp³-hybridized carbons (Fsp3) is 0.455. The van der Waals surface area contributed by atoms with E-state index in [1.807, 2.05) is 0 Å². The second-order valence-corrected chi connectivity index (χ2v) is 3.98. The molecule has 1 aliphatic carbocycles. The Labute approximate surface area is 92.5 Å². The van der Waals surface area contributed by atoms with E-state index >= 15 is 0 Å². The van der Waals surface area contributed by atoms with Crippen molar-refractivity contribution in [2.45, 2.75) is 18.9 Å². The maximum Gasteiger partial charge on any atom is 0.252 e. The third kappa shape index (κ3) is 2.76. The lowest BCUT2D eigenvalue weighted by atomic mass is 10.2. The molecular weight excluding hydrogens is 211 g/mol. The van der Waals surface area contributed by atoms with E-state index in [-0.39, 0.29) is 12.5 Å². The van der Waals surface area contributed by atoms with Crippen LogP contribution in [-0.4, -0.2) is 28.6 Å². The smallest absolute Gasteiger partial charge is 0.252 e. The second-order valence-electron chi connectivity index (χ2n) is 3.98. The zero-order valence-corrected chi connectivity index (χ0v) is 8.69. The largest absolute Gasteiger partial charge is 0.391 e. The predicted molar refractivity (Wildman–Crippen MR) is 55.3 cm³/mol. The zero-order chi connectivity index (χ0) is 11.5. The summed E-state index contributed by atoms with van der Waals surface area (Å²) >= 11 is 0. The molecule has 0 aromatic carbocycles. The quantitative estimate of drug-likeness (QED) is 0.741. The molecule has 86 valence electrons. The number of aromatic nitrogens is 1. The Bertz CT molecular complexity index is 376. The number of halogens is 1. The highest BCUT2D eigenvalue weighted by Gasteiger charge is 2.29. The second kappa shape index (κ2) is 4.57. The molecule has 0 saturated heterocycles. The summed E-state index contributed by atoms with van der Waals surface area (Å²) in [6, 6.07) is 2.49. The molecule has 1 saturated carbocycles. The molecule has 0 aliphatic heterocycles. The summed E-state index contributed by atoms with van der Waals surface area (Å²) in [5.41, 5.74) is 0.296. The van der Waals surface area contributed by atoms with E-state index in [4.69, 9.17) is 0 Å². The van der Waals surface area contributed by atoms with Crippen LogP contribution in [0.3, 0.4) is 0 Å². The van der Waals surface area contributed by atoms with Crippen LogP contribution in [-0.2, 0) is 0 Å². The van der Waals surface area contributed by atoms with Crippen LogP contribution in [0.25, 0.3) is 0 Å². The van der Waals surface area contributed by atoms with Gasteiger partial charge >= 0.3 is 0 Å². The molecule has 16 heavy (non-hydrogen) atoms. The molecule has 1 atom stereocenters. The van der Waals surface area contributed by atoms with Crippen molar-refractivity contribution < 1.29 is 14.3 Å². The monoisotopic (exact) mass is 224 g/mol. The zero-order valence-electron chi connectivity index (χ0n) is 8.69. The van der Waals surface area contributed by atoms with E-state index in [9.17, 15) is 14.3 Å². The number of aliphatic hydroxyl groups excluding tert-OH is 1. The van der Waals surface area contributed by atoms with Gasteiger partial charge in [0.15, 0.2) is 0 Å². The summed E-state index contributed by atoms with van der Waals surface area (Å²) in [5, 5.41) is 12.1. The highest BCUT2D eigenvalue weighted by atomic mass is 19.1. The number of hydrogen-bond donors (Lipinski definition) is 2. The van der Waals surface area contributed by atoms with E-state index in [1.54, 1.807) is 0 Å². The Balaban J connectivity index is 1.85. The van der Waals surface area contributed by atoms with E-state index in [0.717, 1.165) is 18.9 Å². The van der Waals surface area contributed by atoms with Gasteiger partial charge in [-0.3, -0.25) is 4.79 Å². The molecule has 5 heteroatoms. The first kappa shape index (κ1) is 11.0. The van der Waals surface area contributed by atoms with Gasteiger partial charge in [-0.15, -0.1) is 0 Å². The standard InChI is InChI=1S/C11H13FN2O2/c12-10-4-3-8(5-13-10)11(16)14-6-9(15)7-1-2-7/h3-5,7,9,15H,1-2,6H2,(H,14,16). The lowest BCUT2D eigenvalue weighted by Gasteiger charge is -2.10. The number of carbonyl (C=O) groups excluding carboxylic acids is 1. The van der Waals surface area contributed by atoms with Gasteiger partial charge in [0.2, 0.25) is 5.95 Å². The van der Waals surface area contributed by atoms with Crippen molar-refractivity contribution in [2.24, 2.45) is 5.92 Å². The molecular formula is C11H13FN2O2. The van der Waals surface area contributed by atoms with Crippen LogP contribution in [0, 0.1) is 11.9 Å². The maximum absolute atomic E-state index is 12.5. The van der Waals surface area contributed by atoms with E-state index in [1.165, 1.54) is 12.3 Å². The van der Waals surface area contributed by atoms with Crippen LogP contribution < -0.4 is 5.32 Å². The third-order valence-corrected chi connectivity index (χ3v) is 2.63. The Kier molecular flexibility index (Phi) is 3.14. The van der Waals surface area contributed by atoms with Gasteiger partial charge in [-0.1, -0.05) is 0 Å². The number of aliphatic hydroxyl groups is 1. The Morgan fingerprint density at radius 1 is 1.62 bits per heavy atom. The maximum atomic E-state index is 12.5. The molecule has 1 unspecified atom stereocenters. The van der Waals surface area contributed by atoms with Crippen molar-refractivity contribution in [1.29, 1.82) is 0 Å². The minimum Gasteiger partial charge on any atom is -0.391 e. The topological polar surface area (TPSA) is 62.2 Å². The number of pyridine rings is 1. The molecule has 2 rings (SSSR count). The first-order valence-corrected chi connectivity index (χ1v) is 5.24. The molecule has 1 aromatic rings. The average molecular weight is 224 g/mol. The third-order valence-electron chi connectivity index (χ3n) is 2.63. The van der Waals surface area contributed by atoms with Crippen LogP contribution in [0.5, 0.6) is 0 Å². The molecule has 1 amide bonds. The van der Waals surface area contributed by atoms with E-state index in [0.29, 0.717) is 11.5 Å². The Hall–Kier alpha value is -1.49.